The van der Waals surface area contributed by atoms with Crippen molar-refractivity contribution in [3.63, 3.8) is 0 Å². The third-order valence-corrected chi connectivity index (χ3v) is 3.41. The van der Waals surface area contributed by atoms with E-state index in [1.807, 2.05) is 6.92 Å². The van der Waals surface area contributed by atoms with Crippen molar-refractivity contribution >= 4 is 9.84 Å². The predicted octanol–water partition coefficient (Wildman–Crippen LogP) is 1.45. The molecular weight excluding hydrogens is 198 g/mol. The lowest BCUT2D eigenvalue weighted by Crippen LogP contribution is -2.31. The zero-order valence-electron chi connectivity index (χ0n) is 9.71. The minimum absolute atomic E-state index is 0.279. The highest BCUT2D eigenvalue weighted by Gasteiger charge is 2.08. The van der Waals surface area contributed by atoms with Crippen LogP contribution >= 0.6 is 0 Å². The normalized spacial score (nSPS) is 16.6. The van der Waals surface area contributed by atoms with E-state index in [1.54, 1.807) is 0 Å². The largest absolute Gasteiger partial charge is 0.314 e. The molecule has 0 saturated heterocycles. The summed E-state index contributed by atoms with van der Waals surface area (Å²) >= 11 is 0. The molecule has 86 valence electrons. The van der Waals surface area contributed by atoms with Crippen LogP contribution in [0.15, 0.2) is 0 Å². The van der Waals surface area contributed by atoms with Crippen LogP contribution in [0.3, 0.4) is 0 Å². The van der Waals surface area contributed by atoms with Crippen molar-refractivity contribution in [1.29, 1.82) is 0 Å². The summed E-state index contributed by atoms with van der Waals surface area (Å²) in [5, 5.41) is 3.34. The summed E-state index contributed by atoms with van der Waals surface area (Å²) in [6.45, 7) is 7.36. The minimum Gasteiger partial charge on any atom is -0.314 e. The van der Waals surface area contributed by atoms with Crippen LogP contribution in [-0.2, 0) is 9.84 Å². The van der Waals surface area contributed by atoms with E-state index in [0.717, 1.165) is 13.0 Å². The van der Waals surface area contributed by atoms with E-state index in [4.69, 9.17) is 0 Å². The van der Waals surface area contributed by atoms with Crippen molar-refractivity contribution in [2.45, 2.75) is 39.7 Å². The second-order valence-electron chi connectivity index (χ2n) is 4.24. The van der Waals surface area contributed by atoms with E-state index >= 15 is 0 Å². The highest BCUT2D eigenvalue weighted by Crippen LogP contribution is 2.00. The van der Waals surface area contributed by atoms with Gasteiger partial charge in [0.05, 0.1) is 5.75 Å². The summed E-state index contributed by atoms with van der Waals surface area (Å²) in [6.07, 6.45) is 3.15. The summed E-state index contributed by atoms with van der Waals surface area (Å²) < 4.78 is 21.8. The Balaban J connectivity index is 3.61. The maximum absolute atomic E-state index is 10.9. The molecule has 0 radical (unpaired) electrons. The van der Waals surface area contributed by atoms with Gasteiger partial charge < -0.3 is 5.32 Å². The van der Waals surface area contributed by atoms with Crippen molar-refractivity contribution in [1.82, 2.24) is 5.32 Å². The maximum atomic E-state index is 10.9. The zero-order valence-corrected chi connectivity index (χ0v) is 10.5. The molecule has 0 saturated carbocycles. The Kier molecular flexibility index (Phi) is 6.36. The quantitative estimate of drug-likeness (QED) is 0.707. The molecular formula is C10H23NO2S. The zero-order chi connectivity index (χ0) is 11.2. The first kappa shape index (κ1) is 13.9. The number of sulfone groups is 1. The molecule has 0 fully saturated rings. The minimum atomic E-state index is -2.80. The summed E-state index contributed by atoms with van der Waals surface area (Å²) in [5.74, 6) is 0.942. The molecule has 4 heteroatoms. The average molecular weight is 221 g/mol. The van der Waals surface area contributed by atoms with Crippen LogP contribution in [0.1, 0.15) is 33.6 Å². The van der Waals surface area contributed by atoms with Gasteiger partial charge in [-0.25, -0.2) is 8.42 Å². The monoisotopic (exact) mass is 221 g/mol. The second-order valence-corrected chi connectivity index (χ2v) is 6.50. The molecule has 14 heavy (non-hydrogen) atoms. The Bertz CT molecular complexity index is 237. The average Bonchev–Trinajstić information content (AvgIpc) is 2.09. The Morgan fingerprint density at radius 1 is 1.29 bits per heavy atom. The van der Waals surface area contributed by atoms with Crippen molar-refractivity contribution in [2.75, 3.05) is 18.6 Å². The Morgan fingerprint density at radius 3 is 2.29 bits per heavy atom. The molecule has 0 bridgehead atoms. The Labute approximate surface area is 88.2 Å². The number of nitrogens with one attached hydrogen (secondary N) is 1. The first-order valence-corrected chi connectivity index (χ1v) is 7.32. The van der Waals surface area contributed by atoms with Gasteiger partial charge in [0.15, 0.2) is 0 Å². The summed E-state index contributed by atoms with van der Waals surface area (Å²) in [6, 6.07) is 0.290. The maximum Gasteiger partial charge on any atom is 0.147 e. The van der Waals surface area contributed by atoms with Crippen LogP contribution in [0.2, 0.25) is 0 Å². The van der Waals surface area contributed by atoms with Crippen LogP contribution in [0.4, 0.5) is 0 Å². The highest BCUT2D eigenvalue weighted by atomic mass is 32.2. The van der Waals surface area contributed by atoms with E-state index in [1.165, 1.54) is 6.26 Å². The summed E-state index contributed by atoms with van der Waals surface area (Å²) in [5.41, 5.74) is 0. The standard InChI is InChI=1S/C10H23NO2S/c1-5-9(2)8-11-10(3)6-7-14(4,12)13/h9-11H,5-8H2,1-4H3. The second kappa shape index (κ2) is 6.40. The molecule has 0 aromatic heterocycles. The fourth-order valence-electron chi connectivity index (χ4n) is 1.04. The van der Waals surface area contributed by atoms with E-state index in [-0.39, 0.29) is 5.75 Å². The van der Waals surface area contributed by atoms with Crippen molar-refractivity contribution in [2.24, 2.45) is 5.92 Å². The summed E-state index contributed by atoms with van der Waals surface area (Å²) in [4.78, 5) is 0. The summed E-state index contributed by atoms with van der Waals surface area (Å²) in [7, 11) is -2.80. The van der Waals surface area contributed by atoms with Gasteiger partial charge in [-0.15, -0.1) is 0 Å². The van der Waals surface area contributed by atoms with Crippen LogP contribution < -0.4 is 5.32 Å². The molecule has 0 aromatic rings. The van der Waals surface area contributed by atoms with Crippen LogP contribution in [0.25, 0.3) is 0 Å². The third kappa shape index (κ3) is 8.51. The van der Waals surface area contributed by atoms with Gasteiger partial charge in [-0.1, -0.05) is 20.3 Å². The van der Waals surface area contributed by atoms with Gasteiger partial charge in [-0.05, 0) is 25.8 Å². The molecule has 0 aliphatic rings. The van der Waals surface area contributed by atoms with Gasteiger partial charge >= 0.3 is 0 Å². The molecule has 0 heterocycles. The SMILES string of the molecule is CCC(C)CNC(C)CCS(C)(=O)=O. The van der Waals surface area contributed by atoms with E-state index < -0.39 is 9.84 Å². The molecule has 0 spiro atoms. The number of hydrogen-bond acceptors (Lipinski definition) is 3. The molecule has 2 unspecified atom stereocenters. The van der Waals surface area contributed by atoms with Crippen molar-refractivity contribution in [3.05, 3.63) is 0 Å². The van der Waals surface area contributed by atoms with E-state index in [2.05, 4.69) is 19.2 Å². The van der Waals surface area contributed by atoms with Crippen LogP contribution in [0, 0.1) is 5.92 Å². The fourth-order valence-corrected chi connectivity index (χ4v) is 1.82. The van der Waals surface area contributed by atoms with Gasteiger partial charge in [0.1, 0.15) is 9.84 Å². The fraction of sp³-hybridized carbons (Fsp3) is 1.00. The Hall–Kier alpha value is -0.0900. The number of rotatable bonds is 7. The lowest BCUT2D eigenvalue weighted by atomic mass is 10.1. The lowest BCUT2D eigenvalue weighted by Gasteiger charge is -2.16. The molecule has 0 aliphatic heterocycles. The smallest absolute Gasteiger partial charge is 0.147 e. The Morgan fingerprint density at radius 2 is 1.86 bits per heavy atom. The van der Waals surface area contributed by atoms with Gasteiger partial charge in [-0.2, -0.15) is 0 Å². The topological polar surface area (TPSA) is 46.2 Å². The molecule has 0 aliphatic carbocycles. The van der Waals surface area contributed by atoms with Gasteiger partial charge in [0.25, 0.3) is 0 Å². The van der Waals surface area contributed by atoms with Crippen LogP contribution in [0.5, 0.6) is 0 Å². The van der Waals surface area contributed by atoms with Crippen LogP contribution in [-0.4, -0.2) is 33.0 Å². The highest BCUT2D eigenvalue weighted by molar-refractivity contribution is 7.90. The molecule has 2 atom stereocenters. The first-order valence-electron chi connectivity index (χ1n) is 5.26. The number of hydrogen-bond donors (Lipinski definition) is 1. The molecule has 3 nitrogen and oxygen atoms in total. The molecule has 1 N–H and O–H groups in total. The van der Waals surface area contributed by atoms with Gasteiger partial charge in [0.2, 0.25) is 0 Å². The lowest BCUT2D eigenvalue weighted by molar-refractivity contribution is 0.446. The third-order valence-electron chi connectivity index (χ3n) is 2.43. The van der Waals surface area contributed by atoms with E-state index in [0.29, 0.717) is 18.4 Å². The molecule has 0 aromatic carbocycles. The van der Waals surface area contributed by atoms with Gasteiger partial charge in [0, 0.05) is 12.3 Å². The van der Waals surface area contributed by atoms with Crippen molar-refractivity contribution in [3.8, 4) is 0 Å². The molecule has 0 rings (SSSR count). The van der Waals surface area contributed by atoms with Crippen molar-refractivity contribution < 1.29 is 8.42 Å². The predicted molar refractivity (Wildman–Crippen MR) is 61.2 cm³/mol. The van der Waals surface area contributed by atoms with Gasteiger partial charge in [-0.3, -0.25) is 0 Å². The van der Waals surface area contributed by atoms with E-state index in [9.17, 15) is 8.42 Å². The first-order chi connectivity index (χ1) is 6.35. The molecule has 0 amide bonds.